The molecule has 1 unspecified atom stereocenters. The molecule has 0 spiro atoms. The fraction of sp³-hybridized carbons (Fsp3) is 0.667. The van der Waals surface area contributed by atoms with Crippen molar-refractivity contribution in [2.45, 2.75) is 57.2 Å². The van der Waals surface area contributed by atoms with E-state index in [4.69, 9.17) is 9.47 Å². The second-order valence-electron chi connectivity index (χ2n) is 7.56. The van der Waals surface area contributed by atoms with Crippen LogP contribution in [0.15, 0.2) is 23.2 Å². The Labute approximate surface area is 186 Å². The van der Waals surface area contributed by atoms with Gasteiger partial charge in [-0.3, -0.25) is 4.99 Å². The lowest BCUT2D eigenvalue weighted by atomic mass is 10.1. The number of para-hydroxylation sites is 1. The predicted octanol–water partition coefficient (Wildman–Crippen LogP) is 3.39. The fourth-order valence-electron chi connectivity index (χ4n) is 4.02. The van der Waals surface area contributed by atoms with Crippen molar-refractivity contribution in [1.82, 2.24) is 15.5 Å². The standard InChI is InChI=1S/C21H34N4O2.HI/c1-22-21(24-15-17-9-7-13-25(17)2)23-14-16-8-6-12-19(26-3)20(16)27-18-10-4-5-11-18;/h6,8,12,17-18H,4-5,7,9-11,13-15H2,1-3H3,(H2,22,23,24);1H. The first-order valence-electron chi connectivity index (χ1n) is 10.2. The van der Waals surface area contributed by atoms with E-state index in [-0.39, 0.29) is 24.0 Å². The topological polar surface area (TPSA) is 58.1 Å². The van der Waals surface area contributed by atoms with E-state index < -0.39 is 0 Å². The summed E-state index contributed by atoms with van der Waals surface area (Å²) in [5.41, 5.74) is 1.10. The average Bonchev–Trinajstić information content (AvgIpc) is 3.34. The number of aliphatic imine (C=N–C) groups is 1. The highest BCUT2D eigenvalue weighted by Gasteiger charge is 2.22. The van der Waals surface area contributed by atoms with Crippen molar-refractivity contribution in [3.8, 4) is 11.5 Å². The Morgan fingerprint density at radius 3 is 2.61 bits per heavy atom. The second-order valence-corrected chi connectivity index (χ2v) is 7.56. The summed E-state index contributed by atoms with van der Waals surface area (Å²) in [6.45, 7) is 2.75. The lowest BCUT2D eigenvalue weighted by Crippen LogP contribution is -2.43. The Balaban J connectivity index is 0.00000280. The van der Waals surface area contributed by atoms with Crippen LogP contribution in [-0.4, -0.2) is 57.3 Å². The Bertz CT molecular complexity index is 635. The molecule has 1 aliphatic carbocycles. The third kappa shape index (κ3) is 6.14. The summed E-state index contributed by atoms with van der Waals surface area (Å²) in [4.78, 5) is 6.78. The molecular formula is C21H35IN4O2. The first-order valence-corrected chi connectivity index (χ1v) is 10.2. The molecule has 1 aliphatic heterocycles. The van der Waals surface area contributed by atoms with Gasteiger partial charge in [-0.1, -0.05) is 12.1 Å². The lowest BCUT2D eigenvalue weighted by molar-refractivity contribution is 0.198. The van der Waals surface area contributed by atoms with Gasteiger partial charge in [0.05, 0.1) is 13.2 Å². The molecule has 1 heterocycles. The Kier molecular flexibility index (Phi) is 9.64. The van der Waals surface area contributed by atoms with E-state index in [9.17, 15) is 0 Å². The summed E-state index contributed by atoms with van der Waals surface area (Å²) >= 11 is 0. The second kappa shape index (κ2) is 11.7. The third-order valence-corrected chi connectivity index (χ3v) is 5.71. The zero-order valence-corrected chi connectivity index (χ0v) is 19.7. The molecule has 2 N–H and O–H groups in total. The first kappa shape index (κ1) is 23.1. The molecule has 6 nitrogen and oxygen atoms in total. The van der Waals surface area contributed by atoms with Crippen molar-refractivity contribution in [2.75, 3.05) is 34.3 Å². The number of ether oxygens (including phenoxy) is 2. The zero-order valence-electron chi connectivity index (χ0n) is 17.4. The van der Waals surface area contributed by atoms with E-state index in [1.54, 1.807) is 7.11 Å². The van der Waals surface area contributed by atoms with Gasteiger partial charge in [0.1, 0.15) is 0 Å². The van der Waals surface area contributed by atoms with Gasteiger partial charge in [0, 0.05) is 31.7 Å². The summed E-state index contributed by atoms with van der Waals surface area (Å²) in [6.07, 6.45) is 7.58. The quantitative estimate of drug-likeness (QED) is 0.340. The predicted molar refractivity (Wildman–Crippen MR) is 125 cm³/mol. The molecular weight excluding hydrogens is 467 g/mol. The number of likely N-dealkylation sites (N-methyl/N-ethyl adjacent to an activating group) is 1. The molecule has 1 atom stereocenters. The van der Waals surface area contributed by atoms with Crippen LogP contribution in [0.1, 0.15) is 44.1 Å². The molecule has 2 fully saturated rings. The van der Waals surface area contributed by atoms with Crippen LogP contribution in [0.2, 0.25) is 0 Å². The molecule has 28 heavy (non-hydrogen) atoms. The Morgan fingerprint density at radius 1 is 1.18 bits per heavy atom. The van der Waals surface area contributed by atoms with E-state index in [1.165, 1.54) is 32.2 Å². The van der Waals surface area contributed by atoms with Crippen LogP contribution >= 0.6 is 24.0 Å². The van der Waals surface area contributed by atoms with Gasteiger partial charge in [-0.15, -0.1) is 24.0 Å². The van der Waals surface area contributed by atoms with Crippen LogP contribution in [0.25, 0.3) is 0 Å². The third-order valence-electron chi connectivity index (χ3n) is 5.71. The van der Waals surface area contributed by atoms with Gasteiger partial charge in [-0.25, -0.2) is 0 Å². The van der Waals surface area contributed by atoms with Gasteiger partial charge in [0.2, 0.25) is 0 Å². The van der Waals surface area contributed by atoms with Gasteiger partial charge < -0.3 is 25.0 Å². The Morgan fingerprint density at radius 2 is 1.96 bits per heavy atom. The molecule has 0 bridgehead atoms. The SMILES string of the molecule is CN=C(NCc1cccc(OC)c1OC1CCCC1)NCC1CCCN1C.I. The number of halogens is 1. The molecule has 1 saturated carbocycles. The van der Waals surface area contributed by atoms with Crippen LogP contribution in [0.3, 0.4) is 0 Å². The van der Waals surface area contributed by atoms with E-state index in [1.807, 2.05) is 19.2 Å². The molecule has 1 aromatic rings. The molecule has 2 aliphatic rings. The van der Waals surface area contributed by atoms with E-state index in [2.05, 4.69) is 33.6 Å². The number of hydrogen-bond acceptors (Lipinski definition) is 4. The molecule has 7 heteroatoms. The highest BCUT2D eigenvalue weighted by atomic mass is 127. The van der Waals surface area contributed by atoms with Crippen LogP contribution in [0.4, 0.5) is 0 Å². The van der Waals surface area contributed by atoms with Crippen molar-refractivity contribution in [3.05, 3.63) is 23.8 Å². The number of guanidine groups is 1. The smallest absolute Gasteiger partial charge is 0.191 e. The van der Waals surface area contributed by atoms with Crippen molar-refractivity contribution in [2.24, 2.45) is 4.99 Å². The van der Waals surface area contributed by atoms with E-state index >= 15 is 0 Å². The largest absolute Gasteiger partial charge is 0.493 e. The molecule has 1 aromatic carbocycles. The molecule has 3 rings (SSSR count). The van der Waals surface area contributed by atoms with Crippen LogP contribution < -0.4 is 20.1 Å². The molecule has 1 saturated heterocycles. The zero-order chi connectivity index (χ0) is 19.1. The summed E-state index contributed by atoms with van der Waals surface area (Å²) in [5, 5.41) is 6.88. The number of benzene rings is 1. The van der Waals surface area contributed by atoms with Gasteiger partial charge in [0.25, 0.3) is 0 Å². The Hall–Kier alpha value is -1.22. The number of nitrogens with zero attached hydrogens (tertiary/aromatic N) is 2. The van der Waals surface area contributed by atoms with E-state index in [0.717, 1.165) is 42.4 Å². The highest BCUT2D eigenvalue weighted by Crippen LogP contribution is 2.34. The maximum atomic E-state index is 6.32. The molecule has 0 aromatic heterocycles. The number of hydrogen-bond donors (Lipinski definition) is 2. The summed E-state index contributed by atoms with van der Waals surface area (Å²) in [6, 6.07) is 6.66. The van der Waals surface area contributed by atoms with Gasteiger partial charge >= 0.3 is 0 Å². The maximum absolute atomic E-state index is 6.32. The maximum Gasteiger partial charge on any atom is 0.191 e. The normalized spacial score (nSPS) is 20.7. The van der Waals surface area contributed by atoms with Crippen LogP contribution in [0, 0.1) is 0 Å². The minimum absolute atomic E-state index is 0. The number of methoxy groups -OCH3 is 1. The minimum atomic E-state index is 0. The van der Waals surface area contributed by atoms with Gasteiger partial charge in [-0.2, -0.15) is 0 Å². The molecule has 158 valence electrons. The van der Waals surface area contributed by atoms with Crippen molar-refractivity contribution in [1.29, 1.82) is 0 Å². The van der Waals surface area contributed by atoms with Crippen molar-refractivity contribution >= 4 is 29.9 Å². The summed E-state index contributed by atoms with van der Waals surface area (Å²) in [5.74, 6) is 2.49. The summed E-state index contributed by atoms with van der Waals surface area (Å²) in [7, 11) is 5.71. The molecule has 0 radical (unpaired) electrons. The van der Waals surface area contributed by atoms with Crippen LogP contribution in [0.5, 0.6) is 11.5 Å². The monoisotopic (exact) mass is 502 g/mol. The molecule has 0 amide bonds. The highest BCUT2D eigenvalue weighted by molar-refractivity contribution is 14.0. The van der Waals surface area contributed by atoms with Crippen molar-refractivity contribution in [3.63, 3.8) is 0 Å². The lowest BCUT2D eigenvalue weighted by Gasteiger charge is -2.22. The van der Waals surface area contributed by atoms with Crippen LogP contribution in [-0.2, 0) is 6.54 Å². The van der Waals surface area contributed by atoms with E-state index in [0.29, 0.717) is 18.7 Å². The number of nitrogens with one attached hydrogen (secondary N) is 2. The first-order chi connectivity index (χ1) is 13.2. The van der Waals surface area contributed by atoms with Gasteiger partial charge in [0.15, 0.2) is 17.5 Å². The number of likely N-dealkylation sites (tertiary alicyclic amines) is 1. The van der Waals surface area contributed by atoms with Crippen molar-refractivity contribution < 1.29 is 9.47 Å². The fourth-order valence-corrected chi connectivity index (χ4v) is 4.02. The summed E-state index contributed by atoms with van der Waals surface area (Å²) < 4.78 is 11.9. The van der Waals surface area contributed by atoms with Gasteiger partial charge in [-0.05, 0) is 58.2 Å². The minimum Gasteiger partial charge on any atom is -0.493 e. The average molecular weight is 502 g/mol. The number of rotatable bonds is 7.